The fraction of sp³-hybridized carbons (Fsp3) is 0.533. The van der Waals surface area contributed by atoms with Crippen LogP contribution in [0.25, 0.3) is 0 Å². The molecule has 0 aromatic heterocycles. The van der Waals surface area contributed by atoms with Gasteiger partial charge in [-0.05, 0) is 57.3 Å². The Bertz CT molecular complexity index is 436. The number of nitrogens with zero attached hydrogens (tertiary/aromatic N) is 1. The molecule has 1 aromatic carbocycles. The van der Waals surface area contributed by atoms with Gasteiger partial charge in [0.15, 0.2) is 0 Å². The van der Waals surface area contributed by atoms with Gasteiger partial charge in [0.25, 0.3) is 0 Å². The molecule has 1 atom stereocenters. The lowest BCUT2D eigenvalue weighted by Crippen LogP contribution is -2.41. The number of carbonyl (C=O) groups is 1. The van der Waals surface area contributed by atoms with Gasteiger partial charge < -0.3 is 5.11 Å². The van der Waals surface area contributed by atoms with Gasteiger partial charge >= 0.3 is 5.97 Å². The molecule has 0 amide bonds. The van der Waals surface area contributed by atoms with Crippen molar-refractivity contribution in [3.63, 3.8) is 0 Å². The molecule has 0 bridgehead atoms. The van der Waals surface area contributed by atoms with Crippen molar-refractivity contribution in [2.75, 3.05) is 13.1 Å². The lowest BCUT2D eigenvalue weighted by molar-refractivity contribution is -0.142. The average Bonchev–Trinajstić information content (AvgIpc) is 2.83. The molecule has 1 aromatic rings. The van der Waals surface area contributed by atoms with Gasteiger partial charge in [-0.1, -0.05) is 23.8 Å². The molecule has 0 saturated carbocycles. The van der Waals surface area contributed by atoms with Crippen molar-refractivity contribution in [1.82, 2.24) is 4.90 Å². The summed E-state index contributed by atoms with van der Waals surface area (Å²) in [5, 5.41) is 9.41. The van der Waals surface area contributed by atoms with E-state index in [1.807, 2.05) is 0 Å². The third kappa shape index (κ3) is 2.91. The van der Waals surface area contributed by atoms with E-state index in [1.54, 1.807) is 0 Å². The van der Waals surface area contributed by atoms with Crippen molar-refractivity contribution in [3.8, 4) is 0 Å². The molecule has 0 spiro atoms. The summed E-state index contributed by atoms with van der Waals surface area (Å²) in [5.74, 6) is -0.696. The number of carboxylic acid groups (broad SMARTS) is 1. The van der Waals surface area contributed by atoms with E-state index in [0.29, 0.717) is 6.42 Å². The van der Waals surface area contributed by atoms with Crippen LogP contribution in [-0.4, -0.2) is 35.1 Å². The van der Waals surface area contributed by atoms with Gasteiger partial charge in [-0.3, -0.25) is 9.69 Å². The van der Waals surface area contributed by atoms with Crippen LogP contribution in [0.3, 0.4) is 0 Å². The quantitative estimate of drug-likeness (QED) is 0.888. The highest BCUT2D eigenvalue weighted by molar-refractivity contribution is 5.74. The molecule has 1 N–H and O–H groups in total. The molecule has 1 aliphatic heterocycles. The molecular weight excluding hydrogens is 226 g/mol. The molecule has 0 aliphatic carbocycles. The summed E-state index contributed by atoms with van der Waals surface area (Å²) in [5.41, 5.74) is 3.54. The third-order valence-electron chi connectivity index (χ3n) is 3.78. The minimum atomic E-state index is -0.696. The Kier molecular flexibility index (Phi) is 4.02. The van der Waals surface area contributed by atoms with Crippen molar-refractivity contribution in [2.24, 2.45) is 0 Å². The summed E-state index contributed by atoms with van der Waals surface area (Å²) in [6.45, 7) is 5.94. The zero-order valence-electron chi connectivity index (χ0n) is 11.1. The maximum atomic E-state index is 11.4. The second-order valence-electron chi connectivity index (χ2n) is 5.23. The van der Waals surface area contributed by atoms with Crippen molar-refractivity contribution >= 4 is 5.97 Å². The fourth-order valence-electron chi connectivity index (χ4n) is 2.65. The number of benzene rings is 1. The van der Waals surface area contributed by atoms with E-state index in [1.165, 1.54) is 11.1 Å². The molecule has 1 saturated heterocycles. The van der Waals surface area contributed by atoms with Crippen LogP contribution in [0.5, 0.6) is 0 Å². The SMILES string of the molecule is Cc1ccc(C)c(C[C@@H](C(=O)O)N2CCCC2)c1. The normalized spacial score (nSPS) is 17.9. The van der Waals surface area contributed by atoms with Crippen LogP contribution < -0.4 is 0 Å². The van der Waals surface area contributed by atoms with E-state index in [0.717, 1.165) is 31.5 Å². The maximum Gasteiger partial charge on any atom is 0.321 e. The van der Waals surface area contributed by atoms with Crippen LogP contribution in [0.15, 0.2) is 18.2 Å². The summed E-state index contributed by atoms with van der Waals surface area (Å²) in [6, 6.07) is 5.90. The number of hydrogen-bond donors (Lipinski definition) is 1. The monoisotopic (exact) mass is 247 g/mol. The zero-order chi connectivity index (χ0) is 13.1. The van der Waals surface area contributed by atoms with Crippen molar-refractivity contribution < 1.29 is 9.90 Å². The highest BCUT2D eigenvalue weighted by Gasteiger charge is 2.28. The van der Waals surface area contributed by atoms with Gasteiger partial charge in [-0.25, -0.2) is 0 Å². The second-order valence-corrected chi connectivity index (χ2v) is 5.23. The molecule has 1 aliphatic rings. The van der Waals surface area contributed by atoms with Gasteiger partial charge in [0.1, 0.15) is 6.04 Å². The molecule has 0 unspecified atom stereocenters. The minimum Gasteiger partial charge on any atom is -0.480 e. The predicted molar refractivity (Wildman–Crippen MR) is 71.9 cm³/mol. The van der Waals surface area contributed by atoms with Gasteiger partial charge in [-0.2, -0.15) is 0 Å². The summed E-state index contributed by atoms with van der Waals surface area (Å²) >= 11 is 0. The zero-order valence-corrected chi connectivity index (χ0v) is 11.1. The molecule has 3 heteroatoms. The van der Waals surface area contributed by atoms with Gasteiger partial charge in [-0.15, -0.1) is 0 Å². The highest BCUT2D eigenvalue weighted by Crippen LogP contribution is 2.19. The van der Waals surface area contributed by atoms with E-state index in [2.05, 4.69) is 36.9 Å². The molecular formula is C15H21NO2. The van der Waals surface area contributed by atoms with Crippen LogP contribution in [0.4, 0.5) is 0 Å². The van der Waals surface area contributed by atoms with Crippen LogP contribution in [0.2, 0.25) is 0 Å². The Hall–Kier alpha value is -1.35. The number of aryl methyl sites for hydroxylation is 2. The Morgan fingerprint density at radius 2 is 2.00 bits per heavy atom. The first kappa shape index (κ1) is 13.1. The van der Waals surface area contributed by atoms with Crippen molar-refractivity contribution in [1.29, 1.82) is 0 Å². The van der Waals surface area contributed by atoms with Crippen LogP contribution in [0.1, 0.15) is 29.5 Å². The molecule has 1 fully saturated rings. The Morgan fingerprint density at radius 1 is 1.33 bits per heavy atom. The first-order chi connectivity index (χ1) is 8.58. The lowest BCUT2D eigenvalue weighted by atomic mass is 9.98. The summed E-state index contributed by atoms with van der Waals surface area (Å²) in [4.78, 5) is 13.5. The number of rotatable bonds is 4. The standard InChI is InChI=1S/C15H21NO2/c1-11-5-6-12(2)13(9-11)10-14(15(17)18)16-7-3-4-8-16/h5-6,9,14H,3-4,7-8,10H2,1-2H3,(H,17,18)/t14-/m0/s1. The molecule has 18 heavy (non-hydrogen) atoms. The molecule has 98 valence electrons. The first-order valence-corrected chi connectivity index (χ1v) is 6.61. The third-order valence-corrected chi connectivity index (χ3v) is 3.78. The first-order valence-electron chi connectivity index (χ1n) is 6.61. The van der Waals surface area contributed by atoms with E-state index < -0.39 is 5.97 Å². The number of carboxylic acids is 1. The van der Waals surface area contributed by atoms with Gasteiger partial charge in [0.05, 0.1) is 0 Å². The Balaban J connectivity index is 2.17. The van der Waals surface area contributed by atoms with E-state index >= 15 is 0 Å². The van der Waals surface area contributed by atoms with Crippen LogP contribution >= 0.6 is 0 Å². The molecule has 0 radical (unpaired) electrons. The van der Waals surface area contributed by atoms with E-state index in [9.17, 15) is 9.90 Å². The summed E-state index contributed by atoms with van der Waals surface area (Å²) < 4.78 is 0. The van der Waals surface area contributed by atoms with Crippen molar-refractivity contribution in [2.45, 2.75) is 39.2 Å². The van der Waals surface area contributed by atoms with Crippen LogP contribution in [-0.2, 0) is 11.2 Å². The minimum absolute atomic E-state index is 0.368. The second kappa shape index (κ2) is 5.53. The van der Waals surface area contributed by atoms with E-state index in [-0.39, 0.29) is 6.04 Å². The summed E-state index contributed by atoms with van der Waals surface area (Å²) in [7, 11) is 0. The van der Waals surface area contributed by atoms with Crippen LogP contribution in [0, 0.1) is 13.8 Å². The predicted octanol–water partition coefficient (Wildman–Crippen LogP) is 2.39. The molecule has 1 heterocycles. The smallest absolute Gasteiger partial charge is 0.321 e. The maximum absolute atomic E-state index is 11.4. The van der Waals surface area contributed by atoms with E-state index in [4.69, 9.17) is 0 Å². The number of aliphatic carboxylic acids is 1. The Morgan fingerprint density at radius 3 is 2.61 bits per heavy atom. The van der Waals surface area contributed by atoms with Crippen molar-refractivity contribution in [3.05, 3.63) is 34.9 Å². The lowest BCUT2D eigenvalue weighted by Gasteiger charge is -2.24. The average molecular weight is 247 g/mol. The Labute approximate surface area is 108 Å². The topological polar surface area (TPSA) is 40.5 Å². The van der Waals surface area contributed by atoms with Gasteiger partial charge in [0.2, 0.25) is 0 Å². The molecule has 2 rings (SSSR count). The summed E-state index contributed by atoms with van der Waals surface area (Å²) in [6.07, 6.45) is 2.86. The fourth-order valence-corrected chi connectivity index (χ4v) is 2.65. The van der Waals surface area contributed by atoms with Gasteiger partial charge in [0, 0.05) is 0 Å². The number of hydrogen-bond acceptors (Lipinski definition) is 2. The number of likely N-dealkylation sites (tertiary alicyclic amines) is 1. The molecule has 3 nitrogen and oxygen atoms in total. The highest BCUT2D eigenvalue weighted by atomic mass is 16.4. The largest absolute Gasteiger partial charge is 0.480 e.